The number of nitrogens with one attached hydrogen (secondary N) is 1. The fraction of sp³-hybridized carbons (Fsp3) is 0.667. The number of sulfone groups is 1. The smallest absolute Gasteiger partial charge is 0.157 e. The Labute approximate surface area is 109 Å². The van der Waals surface area contributed by atoms with Crippen LogP contribution in [0.1, 0.15) is 43.1 Å². The predicted octanol–water partition coefficient (Wildman–Crippen LogP) is 1.88. The molecule has 0 amide bonds. The van der Waals surface area contributed by atoms with Gasteiger partial charge in [0.15, 0.2) is 9.84 Å². The Bertz CT molecular complexity index is 526. The number of hydrogen-bond acceptors (Lipinski definition) is 5. The molecule has 0 aliphatic heterocycles. The van der Waals surface area contributed by atoms with Crippen molar-refractivity contribution < 1.29 is 8.42 Å². The van der Waals surface area contributed by atoms with Crippen LogP contribution in [0.5, 0.6) is 0 Å². The molecule has 0 aromatic carbocycles. The van der Waals surface area contributed by atoms with Crippen molar-refractivity contribution in [1.29, 1.82) is 0 Å². The zero-order chi connectivity index (χ0) is 13.9. The molecular formula is C12H21N3O2S. The van der Waals surface area contributed by atoms with Gasteiger partial charge in [0.2, 0.25) is 0 Å². The molecule has 6 heteroatoms. The van der Waals surface area contributed by atoms with Crippen molar-refractivity contribution in [3.63, 3.8) is 0 Å². The fourth-order valence-electron chi connectivity index (χ4n) is 1.73. The topological polar surface area (TPSA) is 72.0 Å². The summed E-state index contributed by atoms with van der Waals surface area (Å²) in [6, 6.07) is 0. The van der Waals surface area contributed by atoms with Gasteiger partial charge in [0.05, 0.1) is 0 Å². The highest BCUT2D eigenvalue weighted by molar-refractivity contribution is 7.90. The van der Waals surface area contributed by atoms with Gasteiger partial charge in [0.25, 0.3) is 0 Å². The summed E-state index contributed by atoms with van der Waals surface area (Å²) < 4.78 is 23.1. The first kappa shape index (κ1) is 14.9. The molecule has 1 unspecified atom stereocenters. The molecule has 5 nitrogen and oxygen atoms in total. The van der Waals surface area contributed by atoms with E-state index in [1.165, 1.54) is 6.26 Å². The van der Waals surface area contributed by atoms with E-state index >= 15 is 0 Å². The average molecular weight is 271 g/mol. The van der Waals surface area contributed by atoms with Crippen LogP contribution in [0.4, 0.5) is 5.82 Å². The van der Waals surface area contributed by atoms with E-state index in [1.54, 1.807) is 6.92 Å². The van der Waals surface area contributed by atoms with Crippen LogP contribution < -0.4 is 5.32 Å². The monoisotopic (exact) mass is 271 g/mol. The van der Waals surface area contributed by atoms with E-state index in [1.807, 2.05) is 20.8 Å². The van der Waals surface area contributed by atoms with Gasteiger partial charge < -0.3 is 5.32 Å². The normalized spacial score (nSPS) is 13.4. The van der Waals surface area contributed by atoms with Gasteiger partial charge in [0, 0.05) is 24.1 Å². The van der Waals surface area contributed by atoms with Gasteiger partial charge in [-0.2, -0.15) is 0 Å². The summed E-state index contributed by atoms with van der Waals surface area (Å²) in [6.07, 6.45) is 2.03. The minimum atomic E-state index is -3.18. The predicted molar refractivity (Wildman–Crippen MR) is 73.6 cm³/mol. The molecule has 0 aliphatic carbocycles. The lowest BCUT2D eigenvalue weighted by Gasteiger charge is -2.15. The summed E-state index contributed by atoms with van der Waals surface area (Å²) in [6.45, 7) is 8.27. The zero-order valence-electron chi connectivity index (χ0n) is 11.6. The summed E-state index contributed by atoms with van der Waals surface area (Å²) in [5, 5.41) is 2.49. The molecule has 1 heterocycles. The highest BCUT2D eigenvalue weighted by Crippen LogP contribution is 2.23. The number of anilines is 1. The van der Waals surface area contributed by atoms with Crippen LogP contribution in [0.2, 0.25) is 0 Å². The van der Waals surface area contributed by atoms with Gasteiger partial charge in [-0.3, -0.25) is 0 Å². The lowest BCUT2D eigenvalue weighted by atomic mass is 10.1. The standard InChI is InChI=1S/C12H21N3O2S/c1-6-10-8(3)14-11(9(4)18(5,16)17)15-12(10)13-7-2/h9H,6-7H2,1-5H3,(H,13,14,15). The van der Waals surface area contributed by atoms with E-state index in [-0.39, 0.29) is 0 Å². The third-order valence-corrected chi connectivity index (χ3v) is 4.43. The van der Waals surface area contributed by atoms with Gasteiger partial charge in [-0.1, -0.05) is 6.92 Å². The highest BCUT2D eigenvalue weighted by Gasteiger charge is 2.22. The first-order chi connectivity index (χ1) is 8.31. The number of rotatable bonds is 5. The van der Waals surface area contributed by atoms with Gasteiger partial charge in [-0.05, 0) is 27.2 Å². The molecule has 0 aliphatic rings. The molecule has 1 aromatic heterocycles. The Morgan fingerprint density at radius 3 is 2.33 bits per heavy atom. The second-order valence-electron chi connectivity index (χ2n) is 4.35. The second-order valence-corrected chi connectivity index (χ2v) is 6.72. The molecule has 0 spiro atoms. The van der Waals surface area contributed by atoms with Crippen molar-refractivity contribution >= 4 is 15.7 Å². The molecule has 1 aromatic rings. The summed E-state index contributed by atoms with van der Waals surface area (Å²) in [5.41, 5.74) is 1.88. The van der Waals surface area contributed by atoms with Crippen molar-refractivity contribution in [1.82, 2.24) is 9.97 Å². The van der Waals surface area contributed by atoms with Crippen LogP contribution in [-0.4, -0.2) is 31.2 Å². The van der Waals surface area contributed by atoms with Crippen molar-refractivity contribution in [3.05, 3.63) is 17.1 Å². The largest absolute Gasteiger partial charge is 0.370 e. The van der Waals surface area contributed by atoms with E-state index in [4.69, 9.17) is 0 Å². The van der Waals surface area contributed by atoms with E-state index in [9.17, 15) is 8.42 Å². The third-order valence-electron chi connectivity index (χ3n) is 2.93. The Morgan fingerprint density at radius 1 is 1.28 bits per heavy atom. The second kappa shape index (κ2) is 5.65. The van der Waals surface area contributed by atoms with E-state index in [0.717, 1.165) is 30.0 Å². The van der Waals surface area contributed by atoms with E-state index in [2.05, 4.69) is 15.3 Å². The summed E-state index contributed by atoms with van der Waals surface area (Å²) in [7, 11) is -3.18. The average Bonchev–Trinajstić information content (AvgIpc) is 2.26. The van der Waals surface area contributed by atoms with Crippen LogP contribution in [0.3, 0.4) is 0 Å². The molecule has 0 fully saturated rings. The van der Waals surface area contributed by atoms with E-state index in [0.29, 0.717) is 5.82 Å². The molecule has 18 heavy (non-hydrogen) atoms. The number of aromatic nitrogens is 2. The molecule has 0 saturated carbocycles. The Kier molecular flexibility index (Phi) is 4.67. The molecule has 0 bridgehead atoms. The Morgan fingerprint density at radius 2 is 1.89 bits per heavy atom. The molecule has 1 rings (SSSR count). The molecular weight excluding hydrogens is 250 g/mol. The van der Waals surface area contributed by atoms with Crippen molar-refractivity contribution in [2.75, 3.05) is 18.1 Å². The van der Waals surface area contributed by atoms with Gasteiger partial charge in [-0.25, -0.2) is 18.4 Å². The highest BCUT2D eigenvalue weighted by atomic mass is 32.2. The molecule has 0 radical (unpaired) electrons. The quantitative estimate of drug-likeness (QED) is 0.885. The first-order valence-electron chi connectivity index (χ1n) is 6.11. The minimum absolute atomic E-state index is 0.364. The molecule has 1 atom stereocenters. The number of aryl methyl sites for hydroxylation is 1. The van der Waals surface area contributed by atoms with Gasteiger partial charge >= 0.3 is 0 Å². The van der Waals surface area contributed by atoms with Crippen LogP contribution >= 0.6 is 0 Å². The van der Waals surface area contributed by atoms with Crippen LogP contribution in [-0.2, 0) is 16.3 Å². The summed E-state index contributed by atoms with van der Waals surface area (Å²) in [5.74, 6) is 1.11. The third kappa shape index (κ3) is 3.19. The van der Waals surface area contributed by atoms with Crippen LogP contribution in [0.25, 0.3) is 0 Å². The van der Waals surface area contributed by atoms with Crippen molar-refractivity contribution in [3.8, 4) is 0 Å². The van der Waals surface area contributed by atoms with Crippen LogP contribution in [0, 0.1) is 6.92 Å². The van der Waals surface area contributed by atoms with E-state index < -0.39 is 15.1 Å². The number of nitrogens with zero attached hydrogens (tertiary/aromatic N) is 2. The van der Waals surface area contributed by atoms with Crippen molar-refractivity contribution in [2.24, 2.45) is 0 Å². The lowest BCUT2D eigenvalue weighted by Crippen LogP contribution is -2.15. The fourth-order valence-corrected chi connectivity index (χ4v) is 2.22. The SMILES string of the molecule is CCNc1nc(C(C)S(C)(=O)=O)nc(C)c1CC. The van der Waals surface area contributed by atoms with Gasteiger partial charge in [-0.15, -0.1) is 0 Å². The maximum Gasteiger partial charge on any atom is 0.157 e. The maximum absolute atomic E-state index is 11.6. The van der Waals surface area contributed by atoms with Crippen molar-refractivity contribution in [2.45, 2.75) is 39.4 Å². The number of hydrogen-bond donors (Lipinski definition) is 1. The summed E-state index contributed by atoms with van der Waals surface area (Å²) in [4.78, 5) is 8.68. The summed E-state index contributed by atoms with van der Waals surface area (Å²) >= 11 is 0. The molecule has 1 N–H and O–H groups in total. The van der Waals surface area contributed by atoms with Crippen LogP contribution in [0.15, 0.2) is 0 Å². The zero-order valence-corrected chi connectivity index (χ0v) is 12.4. The Balaban J connectivity index is 3.32. The maximum atomic E-state index is 11.6. The van der Waals surface area contributed by atoms with Gasteiger partial charge in [0.1, 0.15) is 16.9 Å². The lowest BCUT2D eigenvalue weighted by molar-refractivity contribution is 0.589. The first-order valence-corrected chi connectivity index (χ1v) is 8.06. The molecule has 102 valence electrons. The Hall–Kier alpha value is -1.17. The molecule has 0 saturated heterocycles. The minimum Gasteiger partial charge on any atom is -0.370 e.